The predicted octanol–water partition coefficient (Wildman–Crippen LogP) is 3.44. The monoisotopic (exact) mass is 352 g/mol. The molecule has 1 aromatic carbocycles. The van der Waals surface area contributed by atoms with Gasteiger partial charge in [0.1, 0.15) is 17.4 Å². The summed E-state index contributed by atoms with van der Waals surface area (Å²) in [6.45, 7) is 8.85. The summed E-state index contributed by atoms with van der Waals surface area (Å²) in [6.07, 6.45) is -0.0750. The number of alkyl carbamates (subject to hydrolysis) is 1. The van der Waals surface area contributed by atoms with Crippen LogP contribution in [0.15, 0.2) is 24.3 Å². The maximum absolute atomic E-state index is 12.4. The number of ether oxygens (including phenoxy) is 2. The summed E-state index contributed by atoms with van der Waals surface area (Å²) in [7, 11) is 0. The lowest BCUT2D eigenvalue weighted by Crippen LogP contribution is -2.48. The highest BCUT2D eigenvalue weighted by atomic mass is 16.6. The third kappa shape index (κ3) is 6.78. The normalized spacial score (nSPS) is 13.5. The largest absolute Gasteiger partial charge is 0.444 e. The highest BCUT2D eigenvalue weighted by molar-refractivity contribution is 5.83. The number of nitro benzene ring substituents is 1. The minimum atomic E-state index is -0.893. The molecule has 0 aliphatic heterocycles. The van der Waals surface area contributed by atoms with Crippen molar-refractivity contribution in [1.29, 1.82) is 0 Å². The Hall–Kier alpha value is -2.64. The first-order chi connectivity index (χ1) is 11.5. The van der Waals surface area contributed by atoms with Crippen LogP contribution in [0.3, 0.4) is 0 Å². The van der Waals surface area contributed by atoms with Crippen molar-refractivity contribution in [2.45, 2.75) is 52.7 Å². The highest BCUT2D eigenvalue weighted by Gasteiger charge is 2.30. The Morgan fingerprint density at radius 2 is 1.80 bits per heavy atom. The summed E-state index contributed by atoms with van der Waals surface area (Å²) in [5, 5.41) is 13.2. The van der Waals surface area contributed by atoms with Crippen molar-refractivity contribution in [1.82, 2.24) is 5.32 Å². The summed E-state index contributed by atoms with van der Waals surface area (Å²) in [5.41, 5.74) is -0.794. The molecule has 1 amide bonds. The molecule has 0 heterocycles. The Morgan fingerprint density at radius 1 is 1.24 bits per heavy atom. The van der Waals surface area contributed by atoms with Crippen LogP contribution in [-0.4, -0.2) is 28.6 Å². The Morgan fingerprint density at radius 3 is 2.24 bits per heavy atom. The Kier molecular flexibility index (Phi) is 6.90. The number of non-ortho nitro benzene ring substituents is 1. The molecule has 0 spiro atoms. The average molecular weight is 352 g/mol. The lowest BCUT2D eigenvalue weighted by atomic mass is 9.99. The van der Waals surface area contributed by atoms with Gasteiger partial charge in [0, 0.05) is 12.1 Å². The van der Waals surface area contributed by atoms with E-state index in [1.807, 2.05) is 6.92 Å². The summed E-state index contributed by atoms with van der Waals surface area (Å²) < 4.78 is 10.4. The zero-order chi connectivity index (χ0) is 19.2. The van der Waals surface area contributed by atoms with E-state index in [2.05, 4.69) is 5.32 Å². The van der Waals surface area contributed by atoms with Gasteiger partial charge in [0.2, 0.25) is 0 Å². The maximum Gasteiger partial charge on any atom is 0.408 e. The first-order valence-electron chi connectivity index (χ1n) is 7.99. The highest BCUT2D eigenvalue weighted by Crippen LogP contribution is 2.19. The second kappa shape index (κ2) is 8.46. The fraction of sp³-hybridized carbons (Fsp3) is 0.529. The molecular formula is C17H24N2O6. The van der Waals surface area contributed by atoms with Gasteiger partial charge in [-0.15, -0.1) is 0 Å². The maximum atomic E-state index is 12.4. The molecule has 1 rings (SSSR count). The quantitative estimate of drug-likeness (QED) is 0.364. The van der Waals surface area contributed by atoms with Crippen LogP contribution in [0.25, 0.3) is 0 Å². The van der Waals surface area contributed by atoms with Gasteiger partial charge < -0.3 is 14.8 Å². The van der Waals surface area contributed by atoms with E-state index in [1.54, 1.807) is 27.7 Å². The van der Waals surface area contributed by atoms with Gasteiger partial charge >= 0.3 is 12.1 Å². The summed E-state index contributed by atoms with van der Waals surface area (Å²) in [6, 6.07) is 4.24. The van der Waals surface area contributed by atoms with Crippen LogP contribution in [0.4, 0.5) is 10.5 Å². The number of esters is 1. The number of nitrogens with one attached hydrogen (secondary N) is 1. The van der Waals surface area contributed by atoms with Crippen LogP contribution < -0.4 is 10.1 Å². The van der Waals surface area contributed by atoms with E-state index in [9.17, 15) is 19.7 Å². The zero-order valence-corrected chi connectivity index (χ0v) is 15.1. The van der Waals surface area contributed by atoms with Crippen LogP contribution in [-0.2, 0) is 9.53 Å². The van der Waals surface area contributed by atoms with Crippen molar-refractivity contribution in [2.75, 3.05) is 0 Å². The Balaban J connectivity index is 2.82. The molecule has 8 nitrogen and oxygen atoms in total. The van der Waals surface area contributed by atoms with Gasteiger partial charge in [-0.25, -0.2) is 9.59 Å². The van der Waals surface area contributed by atoms with E-state index in [4.69, 9.17) is 9.47 Å². The van der Waals surface area contributed by atoms with Gasteiger partial charge in [-0.1, -0.05) is 20.3 Å². The van der Waals surface area contributed by atoms with E-state index in [-0.39, 0.29) is 17.4 Å². The SMILES string of the molecule is CC[C@H](C)[C@H](NC(=O)OC(C)(C)C)C(=O)Oc1ccc([N+](=O)[O-])cc1. The molecule has 8 heteroatoms. The van der Waals surface area contributed by atoms with Crippen LogP contribution in [0.5, 0.6) is 5.75 Å². The van der Waals surface area contributed by atoms with E-state index < -0.39 is 28.6 Å². The molecule has 1 N–H and O–H groups in total. The molecule has 0 aliphatic rings. The fourth-order valence-corrected chi connectivity index (χ4v) is 1.92. The van der Waals surface area contributed by atoms with Gasteiger partial charge in [-0.3, -0.25) is 10.1 Å². The number of benzene rings is 1. The lowest BCUT2D eigenvalue weighted by molar-refractivity contribution is -0.384. The number of nitrogens with zero attached hydrogens (tertiary/aromatic N) is 1. The first kappa shape index (κ1) is 20.4. The van der Waals surface area contributed by atoms with Gasteiger partial charge in [0.15, 0.2) is 0 Å². The average Bonchev–Trinajstić information content (AvgIpc) is 2.50. The topological polar surface area (TPSA) is 108 Å². The number of carbonyl (C=O) groups is 2. The van der Waals surface area contributed by atoms with Crippen molar-refractivity contribution in [3.05, 3.63) is 34.4 Å². The Bertz CT molecular complexity index is 621. The molecule has 25 heavy (non-hydrogen) atoms. The first-order valence-corrected chi connectivity index (χ1v) is 7.99. The van der Waals surface area contributed by atoms with Crippen LogP contribution >= 0.6 is 0 Å². The number of amides is 1. The van der Waals surface area contributed by atoms with E-state index >= 15 is 0 Å². The number of rotatable bonds is 6. The van der Waals surface area contributed by atoms with Crippen LogP contribution in [0.2, 0.25) is 0 Å². The van der Waals surface area contributed by atoms with Crippen LogP contribution in [0, 0.1) is 16.0 Å². The summed E-state index contributed by atoms with van der Waals surface area (Å²) >= 11 is 0. The third-order valence-corrected chi connectivity index (χ3v) is 3.41. The van der Waals surface area contributed by atoms with Gasteiger partial charge in [-0.05, 0) is 38.8 Å². The molecule has 0 aromatic heterocycles. The van der Waals surface area contributed by atoms with E-state index in [0.717, 1.165) is 0 Å². The minimum absolute atomic E-state index is 0.106. The van der Waals surface area contributed by atoms with Gasteiger partial charge in [0.05, 0.1) is 4.92 Å². The molecule has 0 bridgehead atoms. The van der Waals surface area contributed by atoms with Crippen molar-refractivity contribution >= 4 is 17.7 Å². The van der Waals surface area contributed by atoms with Crippen molar-refractivity contribution in [3.8, 4) is 5.75 Å². The molecular weight excluding hydrogens is 328 g/mol. The zero-order valence-electron chi connectivity index (χ0n) is 15.1. The van der Waals surface area contributed by atoms with Gasteiger partial charge in [0.25, 0.3) is 5.69 Å². The summed E-state index contributed by atoms with van der Waals surface area (Å²) in [4.78, 5) is 34.5. The molecule has 0 fully saturated rings. The van der Waals surface area contributed by atoms with Crippen LogP contribution in [0.1, 0.15) is 41.0 Å². The molecule has 1 aromatic rings. The molecule has 2 atom stereocenters. The fourth-order valence-electron chi connectivity index (χ4n) is 1.92. The number of hydrogen-bond donors (Lipinski definition) is 1. The smallest absolute Gasteiger partial charge is 0.408 e. The number of carbonyl (C=O) groups excluding carboxylic acids is 2. The predicted molar refractivity (Wildman–Crippen MR) is 91.3 cm³/mol. The van der Waals surface area contributed by atoms with Crippen molar-refractivity contribution < 1.29 is 24.0 Å². The molecule has 0 aliphatic carbocycles. The molecule has 0 radical (unpaired) electrons. The molecule has 0 saturated carbocycles. The van der Waals surface area contributed by atoms with Crippen molar-refractivity contribution in [3.63, 3.8) is 0 Å². The molecule has 138 valence electrons. The third-order valence-electron chi connectivity index (χ3n) is 3.41. The van der Waals surface area contributed by atoms with Gasteiger partial charge in [-0.2, -0.15) is 0 Å². The van der Waals surface area contributed by atoms with Crippen molar-refractivity contribution in [2.24, 2.45) is 5.92 Å². The second-order valence-electron chi connectivity index (χ2n) is 6.68. The molecule has 0 saturated heterocycles. The molecule has 0 unspecified atom stereocenters. The Labute approximate surface area is 146 Å². The summed E-state index contributed by atoms with van der Waals surface area (Å²) in [5.74, 6) is -0.679. The second-order valence-corrected chi connectivity index (χ2v) is 6.68. The van der Waals surface area contributed by atoms with E-state index in [0.29, 0.717) is 6.42 Å². The number of nitro groups is 1. The minimum Gasteiger partial charge on any atom is -0.444 e. The number of hydrogen-bond acceptors (Lipinski definition) is 6. The van der Waals surface area contributed by atoms with E-state index in [1.165, 1.54) is 24.3 Å². The standard InChI is InChI=1S/C17H24N2O6/c1-6-11(2)14(18-16(21)25-17(3,4)5)15(20)24-13-9-7-12(8-10-13)19(22)23/h7-11,14H,6H2,1-5H3,(H,18,21)/t11-,14-/m0/s1. The lowest BCUT2D eigenvalue weighted by Gasteiger charge is -2.25.